The molecule has 0 bridgehead atoms. The topological polar surface area (TPSA) is 90.0 Å². The molecular formula is C19H29N3O4S. The van der Waals surface area contributed by atoms with Crippen molar-refractivity contribution in [2.45, 2.75) is 44.8 Å². The number of aliphatic hydroxyl groups is 1. The van der Waals surface area contributed by atoms with Crippen LogP contribution >= 0.6 is 0 Å². The molecule has 0 aromatic heterocycles. The fourth-order valence-electron chi connectivity index (χ4n) is 4.52. The Morgan fingerprint density at radius 3 is 2.52 bits per heavy atom. The zero-order valence-corrected chi connectivity index (χ0v) is 17.1. The lowest BCUT2D eigenvalue weighted by Gasteiger charge is -2.47. The van der Waals surface area contributed by atoms with E-state index in [-0.39, 0.29) is 12.5 Å². The van der Waals surface area contributed by atoms with Crippen molar-refractivity contribution in [2.24, 2.45) is 0 Å². The van der Waals surface area contributed by atoms with Crippen LogP contribution in [-0.4, -0.2) is 72.7 Å². The number of carbonyl (C=O) groups excluding carboxylic acids is 1. The first-order chi connectivity index (χ1) is 12.6. The van der Waals surface area contributed by atoms with E-state index in [4.69, 9.17) is 0 Å². The van der Waals surface area contributed by atoms with Crippen molar-refractivity contribution in [3.05, 3.63) is 29.3 Å². The highest BCUT2D eigenvalue weighted by Gasteiger charge is 2.52. The smallest absolute Gasteiger partial charge is 0.238 e. The molecular weight excluding hydrogens is 366 g/mol. The highest BCUT2D eigenvalue weighted by Crippen LogP contribution is 2.40. The van der Waals surface area contributed by atoms with Gasteiger partial charge in [-0.15, -0.1) is 0 Å². The molecule has 2 aliphatic rings. The molecule has 1 amide bonds. The molecule has 2 atom stereocenters. The van der Waals surface area contributed by atoms with Crippen LogP contribution in [0, 0.1) is 13.8 Å². The predicted molar refractivity (Wildman–Crippen MR) is 105 cm³/mol. The van der Waals surface area contributed by atoms with Crippen LogP contribution in [0.3, 0.4) is 0 Å². The SMILES string of the molecule is Cc1cccc(C)c1NC(=O)CN1CC[C@@]2(CCCN2S(C)(=O)=O)[C@@H](O)C1. The molecule has 1 aromatic carbocycles. The van der Waals surface area contributed by atoms with E-state index in [1.807, 2.05) is 36.9 Å². The summed E-state index contributed by atoms with van der Waals surface area (Å²) < 4.78 is 25.7. The molecule has 27 heavy (non-hydrogen) atoms. The van der Waals surface area contributed by atoms with Crippen LogP contribution in [0.15, 0.2) is 18.2 Å². The van der Waals surface area contributed by atoms with Gasteiger partial charge in [-0.05, 0) is 44.2 Å². The predicted octanol–water partition coefficient (Wildman–Crippen LogP) is 1.10. The Balaban J connectivity index is 1.64. The number of benzene rings is 1. The van der Waals surface area contributed by atoms with E-state index >= 15 is 0 Å². The average Bonchev–Trinajstić information content (AvgIpc) is 3.00. The number of β-amino-alcohol motifs (C(OH)–C–C–N with tert-alkyl or cyclic N) is 1. The van der Waals surface area contributed by atoms with Gasteiger partial charge in [0.05, 0.1) is 24.4 Å². The van der Waals surface area contributed by atoms with Gasteiger partial charge in [-0.1, -0.05) is 18.2 Å². The Hall–Kier alpha value is -1.48. The molecule has 2 heterocycles. The molecule has 2 N–H and O–H groups in total. The normalized spacial score (nSPS) is 27.2. The van der Waals surface area contributed by atoms with E-state index in [0.717, 1.165) is 23.2 Å². The van der Waals surface area contributed by atoms with Gasteiger partial charge in [-0.25, -0.2) is 8.42 Å². The van der Waals surface area contributed by atoms with Crippen LogP contribution < -0.4 is 5.32 Å². The van der Waals surface area contributed by atoms with Gasteiger partial charge in [0, 0.05) is 25.3 Å². The summed E-state index contributed by atoms with van der Waals surface area (Å²) in [5, 5.41) is 13.7. The van der Waals surface area contributed by atoms with Crippen LogP contribution in [0.25, 0.3) is 0 Å². The number of para-hydroxylation sites is 1. The second-order valence-corrected chi connectivity index (χ2v) is 9.76. The van der Waals surface area contributed by atoms with Gasteiger partial charge in [0.15, 0.2) is 0 Å². The van der Waals surface area contributed by atoms with Crippen molar-refractivity contribution in [2.75, 3.05) is 37.8 Å². The molecule has 1 aromatic rings. The number of nitrogens with one attached hydrogen (secondary N) is 1. The van der Waals surface area contributed by atoms with Gasteiger partial charge in [0.1, 0.15) is 0 Å². The largest absolute Gasteiger partial charge is 0.390 e. The molecule has 8 heteroatoms. The Labute approximate surface area is 161 Å². The van der Waals surface area contributed by atoms with E-state index < -0.39 is 21.7 Å². The van der Waals surface area contributed by atoms with Crippen LogP contribution in [0.1, 0.15) is 30.4 Å². The standard InChI is InChI=1S/C19H29N3O4S/c1-14-6-4-7-15(2)18(14)20-17(24)13-21-11-9-19(16(23)12-21)8-5-10-22(19)27(3,25)26/h4,6-7,16,23H,5,8-13H2,1-3H3,(H,20,24)/t16-,19-/m0/s1. The van der Waals surface area contributed by atoms with E-state index in [1.54, 1.807) is 0 Å². The zero-order valence-electron chi connectivity index (χ0n) is 16.2. The van der Waals surface area contributed by atoms with Gasteiger partial charge in [0.2, 0.25) is 15.9 Å². The summed E-state index contributed by atoms with van der Waals surface area (Å²) in [7, 11) is -3.36. The molecule has 1 spiro atoms. The maximum atomic E-state index is 12.5. The minimum atomic E-state index is -3.36. The van der Waals surface area contributed by atoms with Crippen LogP contribution in [0.4, 0.5) is 5.69 Å². The number of likely N-dealkylation sites (tertiary alicyclic amines) is 1. The monoisotopic (exact) mass is 395 g/mol. The summed E-state index contributed by atoms with van der Waals surface area (Å²) in [4.78, 5) is 14.4. The zero-order chi connectivity index (χ0) is 19.8. The molecule has 0 radical (unpaired) electrons. The maximum absolute atomic E-state index is 12.5. The Kier molecular flexibility index (Phi) is 5.63. The number of hydrogen-bond acceptors (Lipinski definition) is 5. The van der Waals surface area contributed by atoms with Crippen molar-refractivity contribution in [3.8, 4) is 0 Å². The highest BCUT2D eigenvalue weighted by atomic mass is 32.2. The van der Waals surface area contributed by atoms with Crippen molar-refractivity contribution < 1.29 is 18.3 Å². The highest BCUT2D eigenvalue weighted by molar-refractivity contribution is 7.88. The van der Waals surface area contributed by atoms with Gasteiger partial charge in [-0.2, -0.15) is 4.31 Å². The van der Waals surface area contributed by atoms with Crippen molar-refractivity contribution in [1.29, 1.82) is 0 Å². The summed E-state index contributed by atoms with van der Waals surface area (Å²) in [6, 6.07) is 5.86. The number of anilines is 1. The summed E-state index contributed by atoms with van der Waals surface area (Å²) in [6.45, 7) is 5.44. The van der Waals surface area contributed by atoms with Crippen molar-refractivity contribution >= 4 is 21.6 Å². The number of hydrogen-bond donors (Lipinski definition) is 2. The van der Waals surface area contributed by atoms with E-state index in [2.05, 4.69) is 5.32 Å². The lowest BCUT2D eigenvalue weighted by atomic mass is 9.83. The Morgan fingerprint density at radius 2 is 1.93 bits per heavy atom. The first-order valence-corrected chi connectivity index (χ1v) is 11.2. The third-order valence-electron chi connectivity index (χ3n) is 5.89. The first kappa shape index (κ1) is 20.3. The van der Waals surface area contributed by atoms with Crippen LogP contribution in [-0.2, 0) is 14.8 Å². The molecule has 0 aliphatic carbocycles. The van der Waals surface area contributed by atoms with Crippen LogP contribution in [0.2, 0.25) is 0 Å². The lowest BCUT2D eigenvalue weighted by molar-refractivity contribution is -0.119. The maximum Gasteiger partial charge on any atom is 0.238 e. The molecule has 3 rings (SSSR count). The number of rotatable bonds is 4. The van der Waals surface area contributed by atoms with E-state index in [9.17, 15) is 18.3 Å². The van der Waals surface area contributed by atoms with Crippen LogP contribution in [0.5, 0.6) is 0 Å². The molecule has 0 unspecified atom stereocenters. The lowest BCUT2D eigenvalue weighted by Crippen LogP contribution is -2.63. The fourth-order valence-corrected chi connectivity index (χ4v) is 5.94. The number of aliphatic hydroxyl groups excluding tert-OH is 1. The molecule has 0 saturated carbocycles. The number of piperidine rings is 1. The molecule has 2 fully saturated rings. The second-order valence-electron chi connectivity index (χ2n) is 7.86. The molecule has 2 saturated heterocycles. The van der Waals surface area contributed by atoms with Gasteiger partial charge >= 0.3 is 0 Å². The summed E-state index contributed by atoms with van der Waals surface area (Å²) in [6.07, 6.45) is 2.38. The van der Waals surface area contributed by atoms with Gasteiger partial charge < -0.3 is 10.4 Å². The third-order valence-corrected chi connectivity index (χ3v) is 7.24. The minimum absolute atomic E-state index is 0.123. The summed E-state index contributed by atoms with van der Waals surface area (Å²) >= 11 is 0. The number of nitrogens with zero attached hydrogens (tertiary/aromatic N) is 2. The minimum Gasteiger partial charge on any atom is -0.390 e. The molecule has 150 valence electrons. The number of amides is 1. The Morgan fingerprint density at radius 1 is 1.26 bits per heavy atom. The quantitative estimate of drug-likeness (QED) is 0.797. The van der Waals surface area contributed by atoms with Crippen molar-refractivity contribution in [1.82, 2.24) is 9.21 Å². The summed E-state index contributed by atoms with van der Waals surface area (Å²) in [5.41, 5.74) is 2.13. The van der Waals surface area contributed by atoms with Gasteiger partial charge in [-0.3, -0.25) is 9.69 Å². The third kappa shape index (κ3) is 4.03. The number of aryl methyl sites for hydroxylation is 2. The first-order valence-electron chi connectivity index (χ1n) is 9.38. The average molecular weight is 396 g/mol. The van der Waals surface area contributed by atoms with Gasteiger partial charge in [0.25, 0.3) is 0 Å². The molecule has 7 nitrogen and oxygen atoms in total. The second kappa shape index (κ2) is 7.50. The van der Waals surface area contributed by atoms with E-state index in [1.165, 1.54) is 10.6 Å². The fraction of sp³-hybridized carbons (Fsp3) is 0.632. The summed E-state index contributed by atoms with van der Waals surface area (Å²) in [5.74, 6) is -0.123. The van der Waals surface area contributed by atoms with E-state index in [0.29, 0.717) is 32.5 Å². The van der Waals surface area contributed by atoms with Crippen molar-refractivity contribution in [3.63, 3.8) is 0 Å². The number of carbonyl (C=O) groups is 1. The number of sulfonamides is 1. The molecule has 2 aliphatic heterocycles. The Bertz CT molecular complexity index is 806.